The van der Waals surface area contributed by atoms with Crippen LogP contribution in [0.25, 0.3) is 0 Å². The predicted molar refractivity (Wildman–Crippen MR) is 133 cm³/mol. The van der Waals surface area contributed by atoms with E-state index in [9.17, 15) is 13.2 Å². The molecule has 0 bridgehead atoms. The molecule has 0 aliphatic carbocycles. The summed E-state index contributed by atoms with van der Waals surface area (Å²) < 4.78 is 44.5. The Morgan fingerprint density at radius 3 is 2.31 bits per heavy atom. The van der Waals surface area contributed by atoms with Crippen LogP contribution in [0.4, 0.5) is 5.69 Å². The highest BCUT2D eigenvalue weighted by Crippen LogP contribution is 2.32. The number of anilines is 1. The van der Waals surface area contributed by atoms with Gasteiger partial charge in [-0.3, -0.25) is 9.10 Å². The van der Waals surface area contributed by atoms with E-state index in [1.165, 1.54) is 19.2 Å². The fourth-order valence-corrected chi connectivity index (χ4v) is 5.15. The number of hydrogen-bond acceptors (Lipinski definition) is 6. The van der Waals surface area contributed by atoms with Crippen LogP contribution in [0.15, 0.2) is 71.6 Å². The molecule has 0 aromatic heterocycles. The second-order valence-electron chi connectivity index (χ2n) is 8.22. The van der Waals surface area contributed by atoms with Crippen molar-refractivity contribution < 1.29 is 27.4 Å². The Kier molecular flexibility index (Phi) is 7.16. The minimum absolute atomic E-state index is 0.103. The first-order valence-corrected chi connectivity index (χ1v) is 12.6. The lowest BCUT2D eigenvalue weighted by atomic mass is 10.1. The number of rotatable bonds is 8. The van der Waals surface area contributed by atoms with Crippen LogP contribution in [0, 0.1) is 6.92 Å². The Morgan fingerprint density at radius 2 is 1.66 bits per heavy atom. The summed E-state index contributed by atoms with van der Waals surface area (Å²) >= 11 is 0. The zero-order chi connectivity index (χ0) is 25.0. The summed E-state index contributed by atoms with van der Waals surface area (Å²) in [4.78, 5) is 13.2. The summed E-state index contributed by atoms with van der Waals surface area (Å²) in [5.74, 6) is 1.42. The van der Waals surface area contributed by atoms with Gasteiger partial charge in [0.05, 0.1) is 23.7 Å². The number of nitrogens with zero attached hydrogens (tertiary/aromatic N) is 1. The highest BCUT2D eigenvalue weighted by atomic mass is 32.2. The third-order valence-corrected chi connectivity index (χ3v) is 7.49. The molecule has 35 heavy (non-hydrogen) atoms. The summed E-state index contributed by atoms with van der Waals surface area (Å²) in [6.45, 7) is 4.28. The van der Waals surface area contributed by atoms with Crippen LogP contribution in [0.1, 0.15) is 24.1 Å². The molecule has 1 unspecified atom stereocenters. The van der Waals surface area contributed by atoms with Crippen LogP contribution >= 0.6 is 0 Å². The van der Waals surface area contributed by atoms with Crippen LogP contribution in [-0.4, -0.2) is 41.2 Å². The topological polar surface area (TPSA) is 94.2 Å². The van der Waals surface area contributed by atoms with Crippen molar-refractivity contribution in [3.8, 4) is 17.2 Å². The molecule has 1 N–H and O–H groups in total. The first-order chi connectivity index (χ1) is 16.8. The van der Waals surface area contributed by atoms with Crippen LogP contribution in [0.5, 0.6) is 17.2 Å². The maximum Gasteiger partial charge on any atom is 0.264 e. The van der Waals surface area contributed by atoms with Gasteiger partial charge in [-0.15, -0.1) is 0 Å². The minimum Gasteiger partial charge on any atom is -0.497 e. The fourth-order valence-electron chi connectivity index (χ4n) is 3.73. The molecule has 9 heteroatoms. The fraction of sp³-hybridized carbons (Fsp3) is 0.269. The highest BCUT2D eigenvalue weighted by Gasteiger charge is 2.28. The normalized spacial score (nSPS) is 13.6. The maximum absolute atomic E-state index is 13.5. The number of aryl methyl sites for hydroxylation is 1. The Labute approximate surface area is 205 Å². The third kappa shape index (κ3) is 5.51. The molecular formula is C26H28N2O6S. The van der Waals surface area contributed by atoms with E-state index in [-0.39, 0.29) is 10.9 Å². The van der Waals surface area contributed by atoms with E-state index < -0.39 is 22.5 Å². The zero-order valence-corrected chi connectivity index (χ0v) is 20.7. The summed E-state index contributed by atoms with van der Waals surface area (Å²) in [6.07, 6.45) is 0. The number of carbonyl (C=O) groups is 1. The monoisotopic (exact) mass is 496 g/mol. The van der Waals surface area contributed by atoms with Gasteiger partial charge in [0, 0.05) is 0 Å². The standard InChI is InChI=1S/C26H28N2O6S/c1-18-4-11-23(12-5-18)35(30,31)28(21-7-9-22(32-3)10-8-21)17-26(29)27-19(2)20-6-13-24-25(16-20)34-15-14-33-24/h4-13,16,19H,14-15,17H2,1-3H3,(H,27,29). The van der Waals surface area contributed by atoms with Gasteiger partial charge in [0.2, 0.25) is 5.91 Å². The Hall–Kier alpha value is -3.72. The number of sulfonamides is 1. The van der Waals surface area contributed by atoms with Crippen molar-refractivity contribution in [1.82, 2.24) is 5.32 Å². The Bertz CT molecular complexity index is 1290. The van der Waals surface area contributed by atoms with Crippen LogP contribution < -0.4 is 23.8 Å². The molecule has 1 heterocycles. The van der Waals surface area contributed by atoms with E-state index in [4.69, 9.17) is 14.2 Å². The number of amides is 1. The third-order valence-electron chi connectivity index (χ3n) is 5.70. The minimum atomic E-state index is -4.00. The van der Waals surface area contributed by atoms with E-state index in [0.29, 0.717) is 36.1 Å². The van der Waals surface area contributed by atoms with Crippen molar-refractivity contribution in [2.24, 2.45) is 0 Å². The van der Waals surface area contributed by atoms with Crippen LogP contribution in [-0.2, 0) is 14.8 Å². The largest absolute Gasteiger partial charge is 0.497 e. The van der Waals surface area contributed by atoms with Gasteiger partial charge in [-0.2, -0.15) is 0 Å². The summed E-state index contributed by atoms with van der Waals surface area (Å²) in [7, 11) is -2.47. The summed E-state index contributed by atoms with van der Waals surface area (Å²) in [5, 5.41) is 2.89. The summed E-state index contributed by atoms with van der Waals surface area (Å²) in [5.41, 5.74) is 2.11. The average Bonchev–Trinajstić information content (AvgIpc) is 2.87. The van der Waals surface area contributed by atoms with Crippen LogP contribution in [0.2, 0.25) is 0 Å². The number of ether oxygens (including phenoxy) is 3. The lowest BCUT2D eigenvalue weighted by Crippen LogP contribution is -2.41. The van der Waals surface area contributed by atoms with E-state index in [1.807, 2.05) is 26.0 Å². The van der Waals surface area contributed by atoms with Crippen molar-refractivity contribution in [1.29, 1.82) is 0 Å². The second-order valence-corrected chi connectivity index (χ2v) is 10.1. The van der Waals surface area contributed by atoms with Gasteiger partial charge in [0.25, 0.3) is 10.0 Å². The molecule has 184 valence electrons. The second kappa shape index (κ2) is 10.3. The number of carbonyl (C=O) groups excluding carboxylic acids is 1. The van der Waals surface area contributed by atoms with Gasteiger partial charge >= 0.3 is 0 Å². The number of methoxy groups -OCH3 is 1. The number of hydrogen-bond donors (Lipinski definition) is 1. The smallest absolute Gasteiger partial charge is 0.264 e. The quantitative estimate of drug-likeness (QED) is 0.509. The van der Waals surface area contributed by atoms with E-state index in [2.05, 4.69) is 5.32 Å². The molecule has 1 atom stereocenters. The maximum atomic E-state index is 13.5. The van der Waals surface area contributed by atoms with Crippen molar-refractivity contribution in [2.45, 2.75) is 24.8 Å². The van der Waals surface area contributed by atoms with E-state index in [0.717, 1.165) is 15.4 Å². The van der Waals surface area contributed by atoms with Gasteiger partial charge in [-0.25, -0.2) is 8.42 Å². The molecule has 0 spiro atoms. The molecule has 8 nitrogen and oxygen atoms in total. The van der Waals surface area contributed by atoms with Gasteiger partial charge < -0.3 is 19.5 Å². The van der Waals surface area contributed by atoms with Gasteiger partial charge in [0.1, 0.15) is 25.5 Å². The molecule has 1 aliphatic rings. The molecule has 3 aromatic carbocycles. The summed E-state index contributed by atoms with van der Waals surface area (Å²) in [6, 6.07) is 18.2. The number of fused-ring (bicyclic) bond motifs is 1. The molecule has 0 radical (unpaired) electrons. The number of benzene rings is 3. The Balaban J connectivity index is 1.57. The van der Waals surface area contributed by atoms with Crippen molar-refractivity contribution in [3.05, 3.63) is 77.9 Å². The molecular weight excluding hydrogens is 468 g/mol. The van der Waals surface area contributed by atoms with Gasteiger partial charge in [-0.05, 0) is 67.9 Å². The van der Waals surface area contributed by atoms with Crippen molar-refractivity contribution >= 4 is 21.6 Å². The van der Waals surface area contributed by atoms with Gasteiger partial charge in [-0.1, -0.05) is 23.8 Å². The lowest BCUT2D eigenvalue weighted by molar-refractivity contribution is -0.120. The van der Waals surface area contributed by atoms with E-state index in [1.54, 1.807) is 42.5 Å². The number of nitrogens with one attached hydrogen (secondary N) is 1. The average molecular weight is 497 g/mol. The molecule has 0 saturated heterocycles. The van der Waals surface area contributed by atoms with E-state index >= 15 is 0 Å². The van der Waals surface area contributed by atoms with Crippen LogP contribution in [0.3, 0.4) is 0 Å². The molecule has 0 fully saturated rings. The molecule has 4 rings (SSSR count). The zero-order valence-electron chi connectivity index (χ0n) is 19.9. The lowest BCUT2D eigenvalue weighted by Gasteiger charge is -2.26. The highest BCUT2D eigenvalue weighted by molar-refractivity contribution is 7.92. The first-order valence-electron chi connectivity index (χ1n) is 11.2. The molecule has 1 amide bonds. The van der Waals surface area contributed by atoms with Crippen molar-refractivity contribution in [3.63, 3.8) is 0 Å². The molecule has 3 aromatic rings. The molecule has 1 aliphatic heterocycles. The first kappa shape index (κ1) is 24.4. The Morgan fingerprint density at radius 1 is 1.00 bits per heavy atom. The molecule has 0 saturated carbocycles. The SMILES string of the molecule is COc1ccc(N(CC(=O)NC(C)c2ccc3c(c2)OCCO3)S(=O)(=O)c2ccc(C)cc2)cc1. The van der Waals surface area contributed by atoms with Crippen molar-refractivity contribution in [2.75, 3.05) is 31.2 Å². The predicted octanol–water partition coefficient (Wildman–Crippen LogP) is 3.85. The van der Waals surface area contributed by atoms with Gasteiger partial charge in [0.15, 0.2) is 11.5 Å².